The first-order chi connectivity index (χ1) is 13.1. The number of carbonyl (C=O) groups is 3. The zero-order chi connectivity index (χ0) is 19.3. The molecule has 2 heterocycles. The summed E-state index contributed by atoms with van der Waals surface area (Å²) in [6.07, 6.45) is 5.77. The smallest absolute Gasteiger partial charge is 0.312 e. The fourth-order valence-corrected chi connectivity index (χ4v) is 4.51. The first kappa shape index (κ1) is 20.1. The molecule has 2 aliphatic heterocycles. The number of nitrogens with zero attached hydrogens (tertiary/aromatic N) is 3. The number of ether oxygens (including phenoxy) is 1. The zero-order valence-corrected chi connectivity index (χ0v) is 16.4. The lowest BCUT2D eigenvalue weighted by molar-refractivity contribution is -0.156. The number of amides is 3. The van der Waals surface area contributed by atoms with Crippen molar-refractivity contribution in [1.29, 1.82) is 0 Å². The van der Waals surface area contributed by atoms with Crippen molar-refractivity contribution in [1.82, 2.24) is 20.0 Å². The zero-order valence-electron chi connectivity index (χ0n) is 16.4. The van der Waals surface area contributed by atoms with Gasteiger partial charge in [-0.3, -0.25) is 19.3 Å². The van der Waals surface area contributed by atoms with Crippen molar-refractivity contribution in [3.63, 3.8) is 0 Å². The van der Waals surface area contributed by atoms with Gasteiger partial charge in [0.25, 0.3) is 0 Å². The summed E-state index contributed by atoms with van der Waals surface area (Å²) in [6.45, 7) is 7.14. The fraction of sp³-hybridized carbons (Fsp3) is 0.842. The minimum atomic E-state index is -0.571. The monoisotopic (exact) mass is 380 g/mol. The van der Waals surface area contributed by atoms with E-state index in [4.69, 9.17) is 4.74 Å². The lowest BCUT2D eigenvalue weighted by atomic mass is 9.79. The SMILES string of the molecule is CCN1CCN(CC(=O)NCC2(N3CCOCC3)CCCCC2)C(=O)C1=O. The Morgan fingerprint density at radius 1 is 1.00 bits per heavy atom. The first-order valence-corrected chi connectivity index (χ1v) is 10.2. The van der Waals surface area contributed by atoms with Crippen LogP contribution in [0, 0.1) is 0 Å². The van der Waals surface area contributed by atoms with Crippen LogP contribution in [0.15, 0.2) is 0 Å². The van der Waals surface area contributed by atoms with Crippen LogP contribution in [0.5, 0.6) is 0 Å². The van der Waals surface area contributed by atoms with Crippen molar-refractivity contribution in [3.05, 3.63) is 0 Å². The number of rotatable bonds is 6. The highest BCUT2D eigenvalue weighted by Crippen LogP contribution is 2.33. The van der Waals surface area contributed by atoms with Crippen LogP contribution < -0.4 is 5.32 Å². The molecule has 1 aliphatic carbocycles. The molecule has 3 rings (SSSR count). The Bertz CT molecular complexity index is 556. The Kier molecular flexibility index (Phi) is 6.70. The molecule has 8 nitrogen and oxygen atoms in total. The fourth-order valence-electron chi connectivity index (χ4n) is 4.51. The molecular weight excluding hydrogens is 348 g/mol. The highest BCUT2D eigenvalue weighted by molar-refractivity contribution is 6.35. The second-order valence-electron chi connectivity index (χ2n) is 7.77. The van der Waals surface area contributed by atoms with Crippen LogP contribution >= 0.6 is 0 Å². The van der Waals surface area contributed by atoms with Crippen molar-refractivity contribution in [2.24, 2.45) is 0 Å². The largest absolute Gasteiger partial charge is 0.379 e. The van der Waals surface area contributed by atoms with Gasteiger partial charge in [-0.1, -0.05) is 19.3 Å². The number of hydrogen-bond donors (Lipinski definition) is 1. The van der Waals surface area contributed by atoms with Gasteiger partial charge >= 0.3 is 11.8 Å². The Balaban J connectivity index is 1.55. The van der Waals surface area contributed by atoms with Gasteiger partial charge in [-0.25, -0.2) is 0 Å². The van der Waals surface area contributed by atoms with Crippen LogP contribution in [0.4, 0.5) is 0 Å². The van der Waals surface area contributed by atoms with Crippen LogP contribution in [-0.4, -0.2) is 97.0 Å². The average molecular weight is 380 g/mol. The van der Waals surface area contributed by atoms with Crippen molar-refractivity contribution in [2.45, 2.75) is 44.6 Å². The normalized spacial score (nSPS) is 24.2. The predicted molar refractivity (Wildman–Crippen MR) is 100 cm³/mol. The summed E-state index contributed by atoms with van der Waals surface area (Å²) in [4.78, 5) is 42.0. The van der Waals surface area contributed by atoms with E-state index in [0.29, 0.717) is 26.2 Å². The topological polar surface area (TPSA) is 82.2 Å². The molecule has 0 spiro atoms. The molecule has 3 fully saturated rings. The molecule has 2 saturated heterocycles. The summed E-state index contributed by atoms with van der Waals surface area (Å²) in [7, 11) is 0. The highest BCUT2D eigenvalue weighted by Gasteiger charge is 2.39. The Morgan fingerprint density at radius 3 is 2.30 bits per heavy atom. The molecule has 0 aromatic heterocycles. The minimum absolute atomic E-state index is 0.00156. The van der Waals surface area contributed by atoms with E-state index < -0.39 is 11.8 Å². The quantitative estimate of drug-likeness (QED) is 0.647. The number of nitrogens with one attached hydrogen (secondary N) is 1. The Labute approximate surface area is 161 Å². The van der Waals surface area contributed by atoms with Gasteiger partial charge < -0.3 is 19.9 Å². The lowest BCUT2D eigenvalue weighted by Crippen LogP contribution is -2.61. The van der Waals surface area contributed by atoms with Crippen LogP contribution in [0.3, 0.4) is 0 Å². The maximum Gasteiger partial charge on any atom is 0.312 e. The van der Waals surface area contributed by atoms with E-state index in [0.717, 1.165) is 39.1 Å². The number of carbonyl (C=O) groups excluding carboxylic acids is 3. The van der Waals surface area contributed by atoms with E-state index in [1.807, 2.05) is 6.92 Å². The van der Waals surface area contributed by atoms with Crippen molar-refractivity contribution >= 4 is 17.7 Å². The van der Waals surface area contributed by atoms with Crippen LogP contribution in [0.25, 0.3) is 0 Å². The number of likely N-dealkylation sites (N-methyl/N-ethyl adjacent to an activating group) is 1. The Morgan fingerprint density at radius 2 is 1.63 bits per heavy atom. The molecule has 152 valence electrons. The highest BCUT2D eigenvalue weighted by atomic mass is 16.5. The van der Waals surface area contributed by atoms with E-state index in [2.05, 4.69) is 10.2 Å². The number of morpholine rings is 1. The summed E-state index contributed by atoms with van der Waals surface area (Å²) in [6, 6.07) is 0. The van der Waals surface area contributed by atoms with Gasteiger partial charge in [-0.2, -0.15) is 0 Å². The molecule has 0 aromatic rings. The first-order valence-electron chi connectivity index (χ1n) is 10.2. The molecule has 0 bridgehead atoms. The van der Waals surface area contributed by atoms with E-state index in [1.54, 1.807) is 0 Å². The molecular formula is C19H32N4O4. The summed E-state index contributed by atoms with van der Waals surface area (Å²) >= 11 is 0. The van der Waals surface area contributed by atoms with Crippen LogP contribution in [-0.2, 0) is 19.1 Å². The van der Waals surface area contributed by atoms with Crippen LogP contribution in [0.1, 0.15) is 39.0 Å². The summed E-state index contributed by atoms with van der Waals surface area (Å²) in [5.74, 6) is -1.26. The molecule has 3 aliphatic rings. The van der Waals surface area contributed by atoms with Gasteiger partial charge in [-0.15, -0.1) is 0 Å². The lowest BCUT2D eigenvalue weighted by Gasteiger charge is -2.48. The van der Waals surface area contributed by atoms with E-state index in [9.17, 15) is 14.4 Å². The van der Waals surface area contributed by atoms with Crippen molar-refractivity contribution in [2.75, 3.05) is 59.0 Å². The average Bonchev–Trinajstić information content (AvgIpc) is 2.71. The second kappa shape index (κ2) is 9.01. The third-order valence-corrected chi connectivity index (χ3v) is 6.19. The number of hydrogen-bond acceptors (Lipinski definition) is 5. The molecule has 8 heteroatoms. The van der Waals surface area contributed by atoms with Gasteiger partial charge in [0, 0.05) is 44.8 Å². The summed E-state index contributed by atoms with van der Waals surface area (Å²) in [5.41, 5.74) is -0.00156. The number of piperazine rings is 1. The van der Waals surface area contributed by atoms with Crippen molar-refractivity contribution in [3.8, 4) is 0 Å². The minimum Gasteiger partial charge on any atom is -0.379 e. The Hall–Kier alpha value is -1.67. The summed E-state index contributed by atoms with van der Waals surface area (Å²) in [5, 5.41) is 3.06. The molecule has 27 heavy (non-hydrogen) atoms. The van der Waals surface area contributed by atoms with E-state index in [-0.39, 0.29) is 18.0 Å². The predicted octanol–water partition coefficient (Wildman–Crippen LogP) is -0.172. The van der Waals surface area contributed by atoms with Gasteiger partial charge in [0.05, 0.1) is 13.2 Å². The molecule has 0 unspecified atom stereocenters. The standard InChI is InChI=1S/C19H32N4O4/c1-2-21-8-9-22(18(26)17(21)25)14-16(24)20-15-19(6-4-3-5-7-19)23-10-12-27-13-11-23/h2-15H2,1H3,(H,20,24). The van der Waals surface area contributed by atoms with Gasteiger partial charge in [0.1, 0.15) is 6.54 Å². The molecule has 0 radical (unpaired) electrons. The molecule has 1 saturated carbocycles. The maximum absolute atomic E-state index is 12.5. The van der Waals surface area contributed by atoms with Crippen molar-refractivity contribution < 1.29 is 19.1 Å². The second-order valence-corrected chi connectivity index (χ2v) is 7.77. The summed E-state index contributed by atoms with van der Waals surface area (Å²) < 4.78 is 5.49. The van der Waals surface area contributed by atoms with Gasteiger partial charge in [0.15, 0.2) is 0 Å². The third kappa shape index (κ3) is 4.60. The van der Waals surface area contributed by atoms with E-state index in [1.165, 1.54) is 29.1 Å². The molecule has 1 N–H and O–H groups in total. The van der Waals surface area contributed by atoms with E-state index >= 15 is 0 Å². The van der Waals surface area contributed by atoms with Gasteiger partial charge in [0.2, 0.25) is 5.91 Å². The van der Waals surface area contributed by atoms with Crippen LogP contribution in [0.2, 0.25) is 0 Å². The van der Waals surface area contributed by atoms with Gasteiger partial charge in [-0.05, 0) is 19.8 Å². The molecule has 3 amide bonds. The maximum atomic E-state index is 12.5. The molecule has 0 aromatic carbocycles. The third-order valence-electron chi connectivity index (χ3n) is 6.19. The molecule has 0 atom stereocenters.